The first-order chi connectivity index (χ1) is 12.1. The summed E-state index contributed by atoms with van der Waals surface area (Å²) >= 11 is 5.81. The summed E-state index contributed by atoms with van der Waals surface area (Å²) in [5.41, 5.74) is -0.273. The van der Waals surface area contributed by atoms with Crippen LogP contribution in [0.15, 0.2) is 48.5 Å². The third-order valence-corrected chi connectivity index (χ3v) is 3.61. The standard InChI is InChI=1S/C18H15ClF3NO3/c1-11(17(25)23-15-7-3-6-14(19)10-15)26-16(24)9-12-4-2-5-13(8-12)18(20,21)22/h2-8,10-11H,9H2,1H3,(H,23,25)/t11-/m1/s1. The van der Waals surface area contributed by atoms with Crippen LogP contribution in [0.3, 0.4) is 0 Å². The van der Waals surface area contributed by atoms with Crippen molar-refractivity contribution in [3.05, 3.63) is 64.7 Å². The first-order valence-corrected chi connectivity index (χ1v) is 7.95. The van der Waals surface area contributed by atoms with E-state index in [1.165, 1.54) is 25.1 Å². The van der Waals surface area contributed by atoms with Gasteiger partial charge in [-0.1, -0.05) is 35.9 Å². The normalized spacial score (nSPS) is 12.3. The van der Waals surface area contributed by atoms with Gasteiger partial charge in [-0.3, -0.25) is 9.59 Å². The number of hydrogen-bond donors (Lipinski definition) is 1. The van der Waals surface area contributed by atoms with Gasteiger partial charge in [-0.05, 0) is 36.8 Å². The maximum Gasteiger partial charge on any atom is 0.416 e. The molecule has 138 valence electrons. The molecule has 0 aromatic heterocycles. The minimum absolute atomic E-state index is 0.146. The van der Waals surface area contributed by atoms with Gasteiger partial charge in [-0.15, -0.1) is 0 Å². The maximum absolute atomic E-state index is 12.7. The third kappa shape index (κ3) is 5.77. The second-order valence-electron chi connectivity index (χ2n) is 5.51. The van der Waals surface area contributed by atoms with Crippen molar-refractivity contribution in [1.82, 2.24) is 0 Å². The Bertz CT molecular complexity index is 808. The average Bonchev–Trinajstić information content (AvgIpc) is 2.54. The summed E-state index contributed by atoms with van der Waals surface area (Å²) in [6.45, 7) is 1.36. The summed E-state index contributed by atoms with van der Waals surface area (Å²) in [5.74, 6) is -1.39. The van der Waals surface area contributed by atoms with E-state index in [1.807, 2.05) is 0 Å². The summed E-state index contributed by atoms with van der Waals surface area (Å²) in [5, 5.41) is 2.96. The lowest BCUT2D eigenvalue weighted by molar-refractivity contribution is -0.152. The summed E-state index contributed by atoms with van der Waals surface area (Å²) < 4.78 is 43.0. The predicted octanol–water partition coefficient (Wildman–Crippen LogP) is 4.47. The minimum atomic E-state index is -4.50. The molecular formula is C18H15ClF3NO3. The molecule has 26 heavy (non-hydrogen) atoms. The van der Waals surface area contributed by atoms with Crippen LogP contribution in [0.1, 0.15) is 18.1 Å². The van der Waals surface area contributed by atoms with Gasteiger partial charge in [0.25, 0.3) is 5.91 Å². The van der Waals surface area contributed by atoms with Gasteiger partial charge in [0.15, 0.2) is 6.10 Å². The van der Waals surface area contributed by atoms with Crippen LogP contribution in [0.25, 0.3) is 0 Å². The Kier molecular flexibility index (Phi) is 6.26. The molecule has 0 saturated heterocycles. The molecule has 0 radical (unpaired) electrons. The summed E-state index contributed by atoms with van der Waals surface area (Å²) in [6, 6.07) is 10.8. The maximum atomic E-state index is 12.7. The summed E-state index contributed by atoms with van der Waals surface area (Å²) in [4.78, 5) is 23.9. The van der Waals surface area contributed by atoms with Crippen LogP contribution in [-0.2, 0) is 26.9 Å². The third-order valence-electron chi connectivity index (χ3n) is 3.37. The van der Waals surface area contributed by atoms with E-state index < -0.39 is 29.7 Å². The van der Waals surface area contributed by atoms with Crippen molar-refractivity contribution in [3.8, 4) is 0 Å². The molecule has 0 bridgehead atoms. The van der Waals surface area contributed by atoms with Crippen LogP contribution < -0.4 is 5.32 Å². The van der Waals surface area contributed by atoms with Gasteiger partial charge >= 0.3 is 12.1 Å². The predicted molar refractivity (Wildman–Crippen MR) is 90.8 cm³/mol. The highest BCUT2D eigenvalue weighted by atomic mass is 35.5. The smallest absolute Gasteiger partial charge is 0.416 e. The topological polar surface area (TPSA) is 55.4 Å². The largest absolute Gasteiger partial charge is 0.452 e. The van der Waals surface area contributed by atoms with Crippen LogP contribution in [-0.4, -0.2) is 18.0 Å². The molecule has 0 unspecified atom stereocenters. The number of carbonyl (C=O) groups is 2. The Morgan fingerprint density at radius 2 is 1.85 bits per heavy atom. The molecule has 0 heterocycles. The van der Waals surface area contributed by atoms with E-state index in [-0.39, 0.29) is 12.0 Å². The fourth-order valence-electron chi connectivity index (χ4n) is 2.13. The molecule has 0 aliphatic carbocycles. The zero-order valence-corrected chi connectivity index (χ0v) is 14.4. The van der Waals surface area contributed by atoms with Crippen molar-refractivity contribution in [2.75, 3.05) is 5.32 Å². The number of halogens is 4. The summed E-state index contributed by atoms with van der Waals surface area (Å²) in [7, 11) is 0. The number of ether oxygens (including phenoxy) is 1. The van der Waals surface area contributed by atoms with Crippen LogP contribution in [0.2, 0.25) is 5.02 Å². The molecule has 4 nitrogen and oxygen atoms in total. The molecule has 0 fully saturated rings. The van der Waals surface area contributed by atoms with Crippen molar-refractivity contribution in [2.24, 2.45) is 0 Å². The van der Waals surface area contributed by atoms with Crippen LogP contribution in [0, 0.1) is 0 Å². The number of carbonyl (C=O) groups excluding carboxylic acids is 2. The Morgan fingerprint density at radius 1 is 1.15 bits per heavy atom. The fraction of sp³-hybridized carbons (Fsp3) is 0.222. The Morgan fingerprint density at radius 3 is 2.50 bits per heavy atom. The molecule has 0 aliphatic rings. The zero-order chi connectivity index (χ0) is 19.3. The lowest BCUT2D eigenvalue weighted by Crippen LogP contribution is -2.30. The highest BCUT2D eigenvalue weighted by Gasteiger charge is 2.30. The fourth-order valence-corrected chi connectivity index (χ4v) is 2.32. The number of esters is 1. The van der Waals surface area contributed by atoms with Gasteiger partial charge in [-0.2, -0.15) is 13.2 Å². The van der Waals surface area contributed by atoms with Gasteiger partial charge in [-0.25, -0.2) is 0 Å². The van der Waals surface area contributed by atoms with Gasteiger partial charge in [0, 0.05) is 10.7 Å². The van der Waals surface area contributed by atoms with E-state index in [0.29, 0.717) is 10.7 Å². The molecule has 1 amide bonds. The quantitative estimate of drug-likeness (QED) is 0.772. The number of hydrogen-bond acceptors (Lipinski definition) is 3. The molecule has 1 N–H and O–H groups in total. The van der Waals surface area contributed by atoms with Crippen LogP contribution >= 0.6 is 11.6 Å². The number of anilines is 1. The molecule has 2 rings (SSSR count). The molecular weight excluding hydrogens is 371 g/mol. The lowest BCUT2D eigenvalue weighted by atomic mass is 10.1. The number of nitrogens with one attached hydrogen (secondary N) is 1. The lowest BCUT2D eigenvalue weighted by Gasteiger charge is -2.14. The average molecular weight is 386 g/mol. The van der Waals surface area contributed by atoms with E-state index in [2.05, 4.69) is 5.32 Å². The number of benzene rings is 2. The Hall–Kier alpha value is -2.54. The Balaban J connectivity index is 1.93. The molecule has 8 heteroatoms. The second-order valence-corrected chi connectivity index (χ2v) is 5.94. The van der Waals surface area contributed by atoms with Crippen molar-refractivity contribution < 1.29 is 27.5 Å². The molecule has 2 aromatic rings. The monoisotopic (exact) mass is 385 g/mol. The van der Waals surface area contributed by atoms with Crippen molar-refractivity contribution in [2.45, 2.75) is 25.6 Å². The van der Waals surface area contributed by atoms with Gasteiger partial charge in [0.2, 0.25) is 0 Å². The molecule has 0 saturated carbocycles. The van der Waals surface area contributed by atoms with E-state index in [9.17, 15) is 22.8 Å². The van der Waals surface area contributed by atoms with Gasteiger partial charge in [0.1, 0.15) is 0 Å². The first-order valence-electron chi connectivity index (χ1n) is 7.57. The zero-order valence-electron chi connectivity index (χ0n) is 13.6. The highest BCUT2D eigenvalue weighted by Crippen LogP contribution is 2.29. The SMILES string of the molecule is C[C@@H](OC(=O)Cc1cccc(C(F)(F)F)c1)C(=O)Nc1cccc(Cl)c1. The van der Waals surface area contributed by atoms with Crippen LogP contribution in [0.4, 0.5) is 18.9 Å². The number of alkyl halides is 3. The van der Waals surface area contributed by atoms with Crippen LogP contribution in [0.5, 0.6) is 0 Å². The number of amides is 1. The van der Waals surface area contributed by atoms with Crippen molar-refractivity contribution in [3.63, 3.8) is 0 Å². The molecule has 1 atom stereocenters. The van der Waals surface area contributed by atoms with Crippen molar-refractivity contribution in [1.29, 1.82) is 0 Å². The minimum Gasteiger partial charge on any atom is -0.452 e. The van der Waals surface area contributed by atoms with Crippen molar-refractivity contribution >= 4 is 29.2 Å². The first kappa shape index (κ1) is 19.8. The van der Waals surface area contributed by atoms with Gasteiger partial charge in [0.05, 0.1) is 12.0 Å². The van der Waals surface area contributed by atoms with E-state index in [0.717, 1.165) is 12.1 Å². The van der Waals surface area contributed by atoms with E-state index in [1.54, 1.807) is 18.2 Å². The summed E-state index contributed by atoms with van der Waals surface area (Å²) in [6.07, 6.45) is -5.99. The van der Waals surface area contributed by atoms with Gasteiger partial charge < -0.3 is 10.1 Å². The molecule has 0 spiro atoms. The number of rotatable bonds is 5. The second kappa shape index (κ2) is 8.23. The van der Waals surface area contributed by atoms with E-state index >= 15 is 0 Å². The molecule has 2 aromatic carbocycles. The van der Waals surface area contributed by atoms with E-state index in [4.69, 9.17) is 16.3 Å². The highest BCUT2D eigenvalue weighted by molar-refractivity contribution is 6.30. The Labute approximate surface area is 152 Å². The molecule has 0 aliphatic heterocycles.